The normalized spacial score (nSPS) is 23.2. The first-order valence-corrected chi connectivity index (χ1v) is 3.96. The van der Waals surface area contributed by atoms with Crippen molar-refractivity contribution in [3.05, 3.63) is 23.5 Å². The molecule has 2 heterocycles. The first-order valence-electron chi connectivity index (χ1n) is 3.96. The van der Waals surface area contributed by atoms with Crippen molar-refractivity contribution in [2.24, 2.45) is 0 Å². The van der Waals surface area contributed by atoms with Crippen LogP contribution in [-0.2, 0) is 6.42 Å². The molecule has 1 aliphatic heterocycles. The summed E-state index contributed by atoms with van der Waals surface area (Å²) in [7, 11) is 0. The molecular weight excluding hydrogens is 122 g/mol. The van der Waals surface area contributed by atoms with E-state index in [0.717, 1.165) is 6.04 Å². The number of hydrogen-bond acceptors (Lipinski definition) is 0. The summed E-state index contributed by atoms with van der Waals surface area (Å²) >= 11 is 0. The number of hydrogen-bond donors (Lipinski definition) is 0. The van der Waals surface area contributed by atoms with E-state index in [0.29, 0.717) is 0 Å². The molecule has 0 saturated carbocycles. The fourth-order valence-corrected chi connectivity index (χ4v) is 1.92. The maximum absolute atomic E-state index is 2.44. The van der Waals surface area contributed by atoms with Crippen LogP contribution in [0.3, 0.4) is 0 Å². The quantitative estimate of drug-likeness (QED) is 0.514. The van der Waals surface area contributed by atoms with Crippen LogP contribution in [-0.4, -0.2) is 4.57 Å². The monoisotopic (exact) mass is 135 g/mol. The highest BCUT2D eigenvalue weighted by molar-refractivity contribution is 5.19. The number of fused-ring (bicyclic) bond motifs is 1. The average Bonchev–Trinajstić information content (AvgIpc) is 2.40. The van der Waals surface area contributed by atoms with Crippen LogP contribution in [0.4, 0.5) is 0 Å². The first-order chi connectivity index (χ1) is 4.79. The maximum atomic E-state index is 2.44. The molecule has 0 radical (unpaired) electrons. The summed E-state index contributed by atoms with van der Waals surface area (Å²) in [6.45, 7) is 4.48. The van der Waals surface area contributed by atoms with Crippen molar-refractivity contribution in [3.63, 3.8) is 0 Å². The van der Waals surface area contributed by atoms with Gasteiger partial charge in [0.05, 0.1) is 0 Å². The number of rotatable bonds is 0. The van der Waals surface area contributed by atoms with Gasteiger partial charge in [0.1, 0.15) is 0 Å². The highest BCUT2D eigenvalue weighted by Crippen LogP contribution is 2.27. The molecule has 0 aliphatic carbocycles. The van der Waals surface area contributed by atoms with Crippen molar-refractivity contribution in [2.75, 3.05) is 0 Å². The smallest absolute Gasteiger partial charge is 0.0311 e. The highest BCUT2D eigenvalue weighted by atomic mass is 15.0. The van der Waals surface area contributed by atoms with E-state index in [2.05, 4.69) is 30.5 Å². The lowest BCUT2D eigenvalue weighted by atomic mass is 10.2. The van der Waals surface area contributed by atoms with Crippen molar-refractivity contribution in [1.29, 1.82) is 0 Å². The van der Waals surface area contributed by atoms with Gasteiger partial charge >= 0.3 is 0 Å². The zero-order valence-electron chi connectivity index (χ0n) is 6.59. The Morgan fingerprint density at radius 3 is 3.00 bits per heavy atom. The van der Waals surface area contributed by atoms with Gasteiger partial charge in [-0.3, -0.25) is 0 Å². The molecule has 1 nitrogen and oxygen atoms in total. The summed E-state index contributed by atoms with van der Waals surface area (Å²) < 4.78 is 2.44. The molecule has 1 unspecified atom stereocenters. The number of nitrogens with zero attached hydrogens (tertiary/aromatic N) is 1. The molecule has 0 aromatic carbocycles. The van der Waals surface area contributed by atoms with Crippen LogP contribution >= 0.6 is 0 Å². The Bertz CT molecular complexity index is 247. The van der Waals surface area contributed by atoms with E-state index in [1.807, 2.05) is 0 Å². The standard InChI is InChI=1S/C9H13N/c1-7-3-5-9-6-4-8(2)10(7)9/h3,5,8H,4,6H2,1-2H3. The van der Waals surface area contributed by atoms with Crippen molar-refractivity contribution in [1.82, 2.24) is 4.57 Å². The summed E-state index contributed by atoms with van der Waals surface area (Å²) in [4.78, 5) is 0. The second-order valence-corrected chi connectivity index (χ2v) is 3.22. The minimum absolute atomic E-state index is 0.741. The van der Waals surface area contributed by atoms with Gasteiger partial charge in [-0.25, -0.2) is 0 Å². The second-order valence-electron chi connectivity index (χ2n) is 3.22. The van der Waals surface area contributed by atoms with E-state index in [9.17, 15) is 0 Å². The molecule has 2 rings (SSSR count). The van der Waals surface area contributed by atoms with Gasteiger partial charge < -0.3 is 4.57 Å². The predicted octanol–water partition coefficient (Wildman–Crippen LogP) is 2.30. The molecule has 0 N–H and O–H groups in total. The summed E-state index contributed by atoms with van der Waals surface area (Å²) in [6, 6.07) is 5.20. The van der Waals surface area contributed by atoms with Crippen LogP contribution in [0.15, 0.2) is 12.1 Å². The molecule has 0 bridgehead atoms. The van der Waals surface area contributed by atoms with Crippen LogP contribution in [0.25, 0.3) is 0 Å². The van der Waals surface area contributed by atoms with Gasteiger partial charge in [0.15, 0.2) is 0 Å². The SMILES string of the molecule is Cc1ccc2n1C(C)CC2. The highest BCUT2D eigenvalue weighted by Gasteiger charge is 2.17. The lowest BCUT2D eigenvalue weighted by Crippen LogP contribution is -1.99. The van der Waals surface area contributed by atoms with Gasteiger partial charge in [0.25, 0.3) is 0 Å². The minimum Gasteiger partial charge on any atom is -0.346 e. The van der Waals surface area contributed by atoms with Gasteiger partial charge in [-0.1, -0.05) is 0 Å². The molecule has 0 fully saturated rings. The zero-order chi connectivity index (χ0) is 7.14. The lowest BCUT2D eigenvalue weighted by molar-refractivity contribution is 0.569. The Balaban J connectivity index is 2.54. The van der Waals surface area contributed by atoms with E-state index in [1.165, 1.54) is 24.2 Å². The van der Waals surface area contributed by atoms with Gasteiger partial charge in [0, 0.05) is 17.4 Å². The van der Waals surface area contributed by atoms with Crippen LogP contribution in [0.5, 0.6) is 0 Å². The van der Waals surface area contributed by atoms with Crippen molar-refractivity contribution < 1.29 is 0 Å². The molecule has 0 saturated heterocycles. The molecule has 1 heteroatoms. The molecule has 10 heavy (non-hydrogen) atoms. The molecule has 0 amide bonds. The van der Waals surface area contributed by atoms with Gasteiger partial charge in [0.2, 0.25) is 0 Å². The predicted molar refractivity (Wildman–Crippen MR) is 42.2 cm³/mol. The third-order valence-corrected chi connectivity index (χ3v) is 2.47. The Kier molecular flexibility index (Phi) is 1.13. The molecule has 1 aromatic rings. The fourth-order valence-electron chi connectivity index (χ4n) is 1.92. The first kappa shape index (κ1) is 6.02. The summed E-state index contributed by atoms with van der Waals surface area (Å²) in [5.74, 6) is 0. The van der Waals surface area contributed by atoms with E-state index < -0.39 is 0 Å². The van der Waals surface area contributed by atoms with Crippen molar-refractivity contribution in [2.45, 2.75) is 32.7 Å². The van der Waals surface area contributed by atoms with Crippen LogP contribution in [0.2, 0.25) is 0 Å². The molecule has 1 atom stereocenters. The topological polar surface area (TPSA) is 4.93 Å². The summed E-state index contributed by atoms with van der Waals surface area (Å²) in [5, 5.41) is 0. The van der Waals surface area contributed by atoms with Crippen LogP contribution < -0.4 is 0 Å². The zero-order valence-corrected chi connectivity index (χ0v) is 6.59. The molecule has 54 valence electrons. The van der Waals surface area contributed by atoms with E-state index in [1.54, 1.807) is 0 Å². The third kappa shape index (κ3) is 0.634. The molecule has 1 aromatic heterocycles. The average molecular weight is 135 g/mol. The Morgan fingerprint density at radius 1 is 1.50 bits per heavy atom. The summed E-state index contributed by atoms with van der Waals surface area (Å²) in [5.41, 5.74) is 2.94. The van der Waals surface area contributed by atoms with Gasteiger partial charge in [-0.2, -0.15) is 0 Å². The Labute approximate surface area is 61.7 Å². The summed E-state index contributed by atoms with van der Waals surface area (Å²) in [6.07, 6.45) is 2.60. The molecule has 1 aliphatic rings. The van der Waals surface area contributed by atoms with E-state index >= 15 is 0 Å². The number of aromatic nitrogens is 1. The Hall–Kier alpha value is -0.720. The fraction of sp³-hybridized carbons (Fsp3) is 0.556. The molecular formula is C9H13N. The Morgan fingerprint density at radius 2 is 2.30 bits per heavy atom. The largest absolute Gasteiger partial charge is 0.346 e. The van der Waals surface area contributed by atoms with Crippen LogP contribution in [0, 0.1) is 6.92 Å². The maximum Gasteiger partial charge on any atom is 0.0311 e. The second kappa shape index (κ2) is 1.88. The van der Waals surface area contributed by atoms with Crippen LogP contribution in [0.1, 0.15) is 30.8 Å². The molecule has 0 spiro atoms. The van der Waals surface area contributed by atoms with E-state index in [4.69, 9.17) is 0 Å². The lowest BCUT2D eigenvalue weighted by Gasteiger charge is -2.08. The van der Waals surface area contributed by atoms with Crippen molar-refractivity contribution >= 4 is 0 Å². The van der Waals surface area contributed by atoms with Crippen molar-refractivity contribution in [3.8, 4) is 0 Å². The minimum atomic E-state index is 0.741. The van der Waals surface area contributed by atoms with E-state index in [-0.39, 0.29) is 0 Å². The third-order valence-electron chi connectivity index (χ3n) is 2.47. The van der Waals surface area contributed by atoms with Gasteiger partial charge in [-0.05, 0) is 38.8 Å². The van der Waals surface area contributed by atoms with Gasteiger partial charge in [-0.15, -0.1) is 0 Å². The number of aryl methyl sites for hydroxylation is 2.